The SMILES string of the molecule is Fc1cccc(NC2(c3ccccc3)C=NC(c3ccccc3)N2)c1. The Hall–Kier alpha value is -2.98. The lowest BCUT2D eigenvalue weighted by Gasteiger charge is -2.31. The first-order valence-corrected chi connectivity index (χ1v) is 8.21. The number of nitrogens with one attached hydrogen (secondary N) is 2. The van der Waals surface area contributed by atoms with Crippen LogP contribution in [0.15, 0.2) is 89.9 Å². The molecule has 1 heterocycles. The van der Waals surface area contributed by atoms with Crippen LogP contribution in [0.1, 0.15) is 17.3 Å². The molecule has 4 heteroatoms. The van der Waals surface area contributed by atoms with E-state index in [1.54, 1.807) is 6.07 Å². The van der Waals surface area contributed by atoms with Gasteiger partial charge in [0.25, 0.3) is 0 Å². The standard InChI is InChI=1S/C21H18FN3/c22-18-12-7-13-19(14-18)24-21(17-10-5-2-6-11-17)15-23-20(25-21)16-8-3-1-4-9-16/h1-15,20,24-25H. The summed E-state index contributed by atoms with van der Waals surface area (Å²) in [7, 11) is 0. The molecule has 0 aliphatic carbocycles. The fourth-order valence-electron chi connectivity index (χ4n) is 3.07. The molecule has 4 rings (SSSR count). The van der Waals surface area contributed by atoms with E-state index in [0.717, 1.165) is 11.1 Å². The summed E-state index contributed by atoms with van der Waals surface area (Å²) in [5.74, 6) is -0.275. The van der Waals surface area contributed by atoms with Crippen molar-refractivity contribution in [2.75, 3.05) is 5.32 Å². The van der Waals surface area contributed by atoms with Gasteiger partial charge in [0.15, 0.2) is 5.66 Å². The predicted molar refractivity (Wildman–Crippen MR) is 99.0 cm³/mol. The summed E-state index contributed by atoms with van der Waals surface area (Å²) >= 11 is 0. The first-order valence-electron chi connectivity index (χ1n) is 8.21. The molecule has 3 aromatic carbocycles. The lowest BCUT2D eigenvalue weighted by Crippen LogP contribution is -2.47. The van der Waals surface area contributed by atoms with Crippen molar-refractivity contribution >= 4 is 11.9 Å². The second kappa shape index (κ2) is 6.49. The van der Waals surface area contributed by atoms with E-state index < -0.39 is 5.66 Å². The first kappa shape index (κ1) is 15.5. The third-order valence-corrected chi connectivity index (χ3v) is 4.29. The zero-order valence-corrected chi connectivity index (χ0v) is 13.6. The second-order valence-corrected chi connectivity index (χ2v) is 6.05. The second-order valence-electron chi connectivity index (χ2n) is 6.05. The molecular formula is C21H18FN3. The largest absolute Gasteiger partial charge is 0.359 e. The van der Waals surface area contributed by atoms with Gasteiger partial charge in [0.05, 0.1) is 0 Å². The smallest absolute Gasteiger partial charge is 0.153 e. The summed E-state index contributed by atoms with van der Waals surface area (Å²) in [5.41, 5.74) is 2.09. The number of hydrogen-bond acceptors (Lipinski definition) is 3. The number of rotatable bonds is 4. The van der Waals surface area contributed by atoms with Gasteiger partial charge in [-0.2, -0.15) is 0 Å². The molecular weight excluding hydrogens is 313 g/mol. The number of aliphatic imine (C=N–C) groups is 1. The van der Waals surface area contributed by atoms with Crippen molar-refractivity contribution in [2.24, 2.45) is 4.99 Å². The van der Waals surface area contributed by atoms with E-state index in [4.69, 9.17) is 0 Å². The lowest BCUT2D eigenvalue weighted by molar-refractivity contribution is 0.472. The normalized spacial score (nSPS) is 22.0. The minimum Gasteiger partial charge on any atom is -0.359 e. The quantitative estimate of drug-likeness (QED) is 0.740. The Kier molecular flexibility index (Phi) is 4.04. The maximum atomic E-state index is 13.6. The Balaban J connectivity index is 1.70. The molecule has 0 amide bonds. The van der Waals surface area contributed by atoms with Gasteiger partial charge >= 0.3 is 0 Å². The van der Waals surface area contributed by atoms with E-state index in [-0.39, 0.29) is 12.0 Å². The molecule has 1 aliphatic heterocycles. The van der Waals surface area contributed by atoms with Gasteiger partial charge in [-0.25, -0.2) is 4.39 Å². The fourth-order valence-corrected chi connectivity index (χ4v) is 3.07. The molecule has 124 valence electrons. The van der Waals surface area contributed by atoms with Crippen molar-refractivity contribution in [2.45, 2.75) is 11.8 Å². The minimum atomic E-state index is -0.699. The van der Waals surface area contributed by atoms with Gasteiger partial charge in [0.2, 0.25) is 0 Å². The molecule has 0 saturated carbocycles. The van der Waals surface area contributed by atoms with E-state index in [0.29, 0.717) is 5.69 Å². The lowest BCUT2D eigenvalue weighted by atomic mass is 10.00. The Morgan fingerprint density at radius 1 is 0.880 bits per heavy atom. The topological polar surface area (TPSA) is 36.4 Å². The van der Waals surface area contributed by atoms with Crippen LogP contribution in [0.3, 0.4) is 0 Å². The molecule has 2 N–H and O–H groups in total. The van der Waals surface area contributed by atoms with Gasteiger partial charge in [-0.15, -0.1) is 0 Å². The van der Waals surface area contributed by atoms with Crippen LogP contribution in [0.4, 0.5) is 10.1 Å². The predicted octanol–water partition coefficient (Wildman–Crippen LogP) is 4.46. The average Bonchev–Trinajstić information content (AvgIpc) is 3.09. The number of nitrogens with zero attached hydrogens (tertiary/aromatic N) is 1. The van der Waals surface area contributed by atoms with E-state index in [9.17, 15) is 4.39 Å². The molecule has 2 unspecified atom stereocenters. The first-order chi connectivity index (χ1) is 12.3. The monoisotopic (exact) mass is 331 g/mol. The minimum absolute atomic E-state index is 0.164. The molecule has 0 radical (unpaired) electrons. The third-order valence-electron chi connectivity index (χ3n) is 4.29. The average molecular weight is 331 g/mol. The Morgan fingerprint density at radius 2 is 1.60 bits per heavy atom. The van der Waals surface area contributed by atoms with Gasteiger partial charge < -0.3 is 5.32 Å². The summed E-state index contributed by atoms with van der Waals surface area (Å²) in [4.78, 5) is 4.66. The number of benzene rings is 3. The highest BCUT2D eigenvalue weighted by Gasteiger charge is 2.37. The van der Waals surface area contributed by atoms with Crippen molar-refractivity contribution in [3.63, 3.8) is 0 Å². The highest BCUT2D eigenvalue weighted by Crippen LogP contribution is 2.31. The van der Waals surface area contributed by atoms with Crippen molar-refractivity contribution in [1.82, 2.24) is 5.32 Å². The van der Waals surface area contributed by atoms with Crippen molar-refractivity contribution in [3.05, 3.63) is 102 Å². The number of anilines is 1. The zero-order valence-electron chi connectivity index (χ0n) is 13.6. The van der Waals surface area contributed by atoms with Crippen molar-refractivity contribution in [3.8, 4) is 0 Å². The van der Waals surface area contributed by atoms with Crippen LogP contribution < -0.4 is 10.6 Å². The molecule has 2 atom stereocenters. The summed E-state index contributed by atoms with van der Waals surface area (Å²) in [5, 5.41) is 6.96. The molecule has 0 fully saturated rings. The summed E-state index contributed by atoms with van der Waals surface area (Å²) in [6, 6.07) is 26.5. The Labute approximate surface area is 146 Å². The van der Waals surface area contributed by atoms with Crippen LogP contribution in [0.25, 0.3) is 0 Å². The van der Waals surface area contributed by atoms with E-state index in [2.05, 4.69) is 15.6 Å². The zero-order chi connectivity index (χ0) is 17.1. The van der Waals surface area contributed by atoms with Crippen LogP contribution in [0, 0.1) is 5.82 Å². The van der Waals surface area contributed by atoms with Crippen LogP contribution in [-0.2, 0) is 5.66 Å². The molecule has 25 heavy (non-hydrogen) atoms. The van der Waals surface area contributed by atoms with E-state index in [1.165, 1.54) is 12.1 Å². The molecule has 0 saturated heterocycles. The molecule has 3 nitrogen and oxygen atoms in total. The Morgan fingerprint density at radius 3 is 2.32 bits per heavy atom. The van der Waals surface area contributed by atoms with Gasteiger partial charge in [-0.3, -0.25) is 10.3 Å². The van der Waals surface area contributed by atoms with Crippen LogP contribution in [0.5, 0.6) is 0 Å². The summed E-state index contributed by atoms with van der Waals surface area (Å²) in [6.07, 6.45) is 1.70. The van der Waals surface area contributed by atoms with Crippen LogP contribution >= 0.6 is 0 Å². The molecule has 3 aromatic rings. The third kappa shape index (κ3) is 3.16. The summed E-state index contributed by atoms with van der Waals surface area (Å²) < 4.78 is 13.6. The van der Waals surface area contributed by atoms with Crippen LogP contribution in [0.2, 0.25) is 0 Å². The highest BCUT2D eigenvalue weighted by molar-refractivity contribution is 5.79. The van der Waals surface area contributed by atoms with Gasteiger partial charge in [0, 0.05) is 11.9 Å². The molecule has 0 aromatic heterocycles. The maximum Gasteiger partial charge on any atom is 0.153 e. The number of halogens is 1. The fraction of sp³-hybridized carbons (Fsp3) is 0.0952. The number of hydrogen-bond donors (Lipinski definition) is 2. The van der Waals surface area contributed by atoms with Crippen molar-refractivity contribution in [1.29, 1.82) is 0 Å². The van der Waals surface area contributed by atoms with Crippen molar-refractivity contribution < 1.29 is 4.39 Å². The summed E-state index contributed by atoms with van der Waals surface area (Å²) in [6.45, 7) is 0. The molecule has 1 aliphatic rings. The van der Waals surface area contributed by atoms with Gasteiger partial charge in [-0.05, 0) is 29.3 Å². The maximum absolute atomic E-state index is 13.6. The molecule has 0 bridgehead atoms. The highest BCUT2D eigenvalue weighted by atomic mass is 19.1. The van der Waals surface area contributed by atoms with Crippen LogP contribution in [-0.4, -0.2) is 6.21 Å². The van der Waals surface area contributed by atoms with E-state index >= 15 is 0 Å². The Bertz CT molecular complexity index is 880. The van der Waals surface area contributed by atoms with Gasteiger partial charge in [-0.1, -0.05) is 66.7 Å². The van der Waals surface area contributed by atoms with E-state index in [1.807, 2.05) is 72.9 Å². The molecule has 0 spiro atoms. The van der Waals surface area contributed by atoms with Gasteiger partial charge in [0.1, 0.15) is 12.0 Å².